The Morgan fingerprint density at radius 3 is 2.85 bits per heavy atom. The third-order valence-electron chi connectivity index (χ3n) is 4.02. The van der Waals surface area contributed by atoms with Gasteiger partial charge in [-0.1, -0.05) is 13.8 Å². The maximum atomic E-state index is 12.1. The van der Waals surface area contributed by atoms with Crippen LogP contribution in [-0.2, 0) is 11.3 Å². The lowest BCUT2D eigenvalue weighted by Gasteiger charge is -2.28. The molecule has 1 fully saturated rings. The van der Waals surface area contributed by atoms with Crippen LogP contribution < -0.4 is 5.32 Å². The van der Waals surface area contributed by atoms with Crippen LogP contribution in [0.5, 0.6) is 0 Å². The lowest BCUT2D eigenvalue weighted by atomic mass is 9.76. The summed E-state index contributed by atoms with van der Waals surface area (Å²) in [4.78, 5) is 29.3. The zero-order chi connectivity index (χ0) is 14.8. The Morgan fingerprint density at radius 1 is 1.60 bits per heavy atom. The number of amides is 2. The van der Waals surface area contributed by atoms with Crippen molar-refractivity contribution in [3.8, 4) is 0 Å². The number of nitrogens with one attached hydrogen (secondary N) is 1. The fourth-order valence-electron chi connectivity index (χ4n) is 2.50. The summed E-state index contributed by atoms with van der Waals surface area (Å²) in [5, 5.41) is 14.1. The molecule has 7 heteroatoms. The highest BCUT2D eigenvalue weighted by Gasteiger charge is 2.48. The van der Waals surface area contributed by atoms with E-state index in [9.17, 15) is 14.7 Å². The molecule has 2 rings (SSSR count). The Kier molecular flexibility index (Phi) is 4.27. The van der Waals surface area contributed by atoms with Crippen LogP contribution in [0.4, 0.5) is 4.79 Å². The van der Waals surface area contributed by atoms with E-state index in [1.165, 1.54) is 11.3 Å². The van der Waals surface area contributed by atoms with Crippen LogP contribution in [0, 0.1) is 11.3 Å². The molecule has 1 aliphatic rings. The first-order valence-electron chi connectivity index (χ1n) is 6.59. The standard InChI is InChI=1S/C13H19N3O3S/c1-9(2)13(11(17)18)3-4-16(7-13)12(19)14-5-10-6-20-8-15-10/h6,8-9H,3-5,7H2,1-2H3,(H,14,19)(H,17,18). The number of carboxylic acids is 1. The Bertz CT molecular complexity index is 489. The van der Waals surface area contributed by atoms with Gasteiger partial charge in [0.15, 0.2) is 0 Å². The molecular formula is C13H19N3O3S. The molecule has 1 unspecified atom stereocenters. The molecule has 1 atom stereocenters. The monoisotopic (exact) mass is 297 g/mol. The summed E-state index contributed by atoms with van der Waals surface area (Å²) in [6, 6.07) is -0.221. The molecule has 2 amide bonds. The molecule has 0 spiro atoms. The summed E-state index contributed by atoms with van der Waals surface area (Å²) >= 11 is 1.48. The van der Waals surface area contributed by atoms with Gasteiger partial charge in [-0.3, -0.25) is 4.79 Å². The van der Waals surface area contributed by atoms with Gasteiger partial charge in [0.05, 0.1) is 23.2 Å². The molecule has 110 valence electrons. The van der Waals surface area contributed by atoms with Crippen LogP contribution in [0.15, 0.2) is 10.9 Å². The van der Waals surface area contributed by atoms with Crippen LogP contribution in [-0.4, -0.2) is 40.1 Å². The number of likely N-dealkylation sites (tertiary alicyclic amines) is 1. The number of hydrogen-bond donors (Lipinski definition) is 2. The first-order valence-corrected chi connectivity index (χ1v) is 7.53. The molecule has 6 nitrogen and oxygen atoms in total. The molecule has 0 aromatic carbocycles. The normalized spacial score (nSPS) is 22.2. The Balaban J connectivity index is 1.94. The highest BCUT2D eigenvalue weighted by Crippen LogP contribution is 2.38. The van der Waals surface area contributed by atoms with Crippen molar-refractivity contribution in [2.75, 3.05) is 13.1 Å². The molecular weight excluding hydrogens is 278 g/mol. The van der Waals surface area contributed by atoms with E-state index in [2.05, 4.69) is 10.3 Å². The highest BCUT2D eigenvalue weighted by atomic mass is 32.1. The number of carbonyl (C=O) groups excluding carboxylic acids is 1. The zero-order valence-electron chi connectivity index (χ0n) is 11.6. The lowest BCUT2D eigenvalue weighted by Crippen LogP contribution is -2.43. The second-order valence-corrected chi connectivity index (χ2v) is 6.14. The number of urea groups is 1. The van der Waals surface area contributed by atoms with Gasteiger partial charge in [-0.25, -0.2) is 9.78 Å². The van der Waals surface area contributed by atoms with E-state index in [4.69, 9.17) is 0 Å². The van der Waals surface area contributed by atoms with E-state index in [0.717, 1.165) is 5.69 Å². The molecule has 20 heavy (non-hydrogen) atoms. The van der Waals surface area contributed by atoms with Crippen molar-refractivity contribution in [2.24, 2.45) is 11.3 Å². The second kappa shape index (κ2) is 5.78. The molecule has 2 heterocycles. The molecule has 1 aromatic heterocycles. The molecule has 1 saturated heterocycles. The van der Waals surface area contributed by atoms with E-state index in [0.29, 0.717) is 19.5 Å². The van der Waals surface area contributed by atoms with Crippen LogP contribution in [0.1, 0.15) is 26.0 Å². The minimum Gasteiger partial charge on any atom is -0.481 e. The average molecular weight is 297 g/mol. The minimum atomic E-state index is -0.821. The van der Waals surface area contributed by atoms with Crippen LogP contribution >= 0.6 is 11.3 Å². The smallest absolute Gasteiger partial charge is 0.317 e. The van der Waals surface area contributed by atoms with Crippen LogP contribution in [0.25, 0.3) is 0 Å². The highest BCUT2D eigenvalue weighted by molar-refractivity contribution is 7.07. The number of hydrogen-bond acceptors (Lipinski definition) is 4. The first-order chi connectivity index (χ1) is 9.45. The fourth-order valence-corrected chi connectivity index (χ4v) is 3.06. The zero-order valence-corrected chi connectivity index (χ0v) is 12.4. The van der Waals surface area contributed by atoms with Crippen molar-refractivity contribution < 1.29 is 14.7 Å². The van der Waals surface area contributed by atoms with Crippen molar-refractivity contribution in [1.82, 2.24) is 15.2 Å². The van der Waals surface area contributed by atoms with E-state index in [-0.39, 0.29) is 18.5 Å². The Morgan fingerprint density at radius 2 is 2.35 bits per heavy atom. The minimum absolute atomic E-state index is 0.00339. The van der Waals surface area contributed by atoms with E-state index >= 15 is 0 Å². The maximum absolute atomic E-state index is 12.1. The van der Waals surface area contributed by atoms with Crippen molar-refractivity contribution >= 4 is 23.3 Å². The molecule has 0 radical (unpaired) electrons. The number of aliphatic carboxylic acids is 1. The van der Waals surface area contributed by atoms with Gasteiger partial charge in [-0.2, -0.15) is 0 Å². The molecule has 1 aromatic rings. The van der Waals surface area contributed by atoms with Crippen molar-refractivity contribution in [3.05, 3.63) is 16.6 Å². The Labute approximate surface area is 121 Å². The molecule has 0 bridgehead atoms. The van der Waals surface area contributed by atoms with Crippen LogP contribution in [0.2, 0.25) is 0 Å². The van der Waals surface area contributed by atoms with Crippen molar-refractivity contribution in [3.63, 3.8) is 0 Å². The van der Waals surface area contributed by atoms with Gasteiger partial charge in [-0.05, 0) is 12.3 Å². The van der Waals surface area contributed by atoms with Gasteiger partial charge < -0.3 is 15.3 Å². The number of carboxylic acid groups (broad SMARTS) is 1. The largest absolute Gasteiger partial charge is 0.481 e. The predicted molar refractivity (Wildman–Crippen MR) is 75.4 cm³/mol. The summed E-state index contributed by atoms with van der Waals surface area (Å²) in [5.41, 5.74) is 1.71. The SMILES string of the molecule is CC(C)C1(C(=O)O)CCN(C(=O)NCc2cscn2)C1. The van der Waals surface area contributed by atoms with E-state index in [1.807, 2.05) is 19.2 Å². The third kappa shape index (κ3) is 2.77. The second-order valence-electron chi connectivity index (χ2n) is 5.43. The summed E-state index contributed by atoms with van der Waals surface area (Å²) < 4.78 is 0. The van der Waals surface area contributed by atoms with Gasteiger partial charge >= 0.3 is 12.0 Å². The van der Waals surface area contributed by atoms with Crippen LogP contribution in [0.3, 0.4) is 0 Å². The summed E-state index contributed by atoms with van der Waals surface area (Å²) in [5.74, 6) is -0.821. The summed E-state index contributed by atoms with van der Waals surface area (Å²) in [6.07, 6.45) is 0.504. The number of nitrogens with zero attached hydrogens (tertiary/aromatic N) is 2. The quantitative estimate of drug-likeness (QED) is 0.887. The van der Waals surface area contributed by atoms with Gasteiger partial charge in [0.2, 0.25) is 0 Å². The number of rotatable bonds is 4. The fraction of sp³-hybridized carbons (Fsp3) is 0.615. The Hall–Kier alpha value is -1.63. The predicted octanol–water partition coefficient (Wildman–Crippen LogP) is 1.79. The average Bonchev–Trinajstić information content (AvgIpc) is 3.05. The number of aromatic nitrogens is 1. The lowest BCUT2D eigenvalue weighted by molar-refractivity contribution is -0.150. The van der Waals surface area contributed by atoms with Crippen molar-refractivity contribution in [2.45, 2.75) is 26.8 Å². The molecule has 0 saturated carbocycles. The van der Waals surface area contributed by atoms with E-state index in [1.54, 1.807) is 10.4 Å². The number of carbonyl (C=O) groups is 2. The van der Waals surface area contributed by atoms with Gasteiger partial charge in [-0.15, -0.1) is 11.3 Å². The van der Waals surface area contributed by atoms with Gasteiger partial charge in [0.1, 0.15) is 0 Å². The molecule has 0 aliphatic carbocycles. The third-order valence-corrected chi connectivity index (χ3v) is 4.66. The number of thiazole rings is 1. The maximum Gasteiger partial charge on any atom is 0.317 e. The van der Waals surface area contributed by atoms with E-state index < -0.39 is 11.4 Å². The first kappa shape index (κ1) is 14.8. The van der Waals surface area contributed by atoms with Gasteiger partial charge in [0, 0.05) is 18.5 Å². The topological polar surface area (TPSA) is 82.5 Å². The molecule has 2 N–H and O–H groups in total. The summed E-state index contributed by atoms with van der Waals surface area (Å²) in [6.45, 7) is 4.91. The van der Waals surface area contributed by atoms with Gasteiger partial charge in [0.25, 0.3) is 0 Å². The van der Waals surface area contributed by atoms with Crippen molar-refractivity contribution in [1.29, 1.82) is 0 Å². The summed E-state index contributed by atoms with van der Waals surface area (Å²) in [7, 11) is 0. The molecule has 1 aliphatic heterocycles.